The van der Waals surface area contributed by atoms with Gasteiger partial charge in [-0.2, -0.15) is 0 Å². The van der Waals surface area contributed by atoms with Crippen molar-refractivity contribution in [2.75, 3.05) is 19.6 Å². The second kappa shape index (κ2) is 7.62. The van der Waals surface area contributed by atoms with Gasteiger partial charge in [0.05, 0.1) is 4.92 Å². The Bertz CT molecular complexity index is 792. The number of carbonyl (C=O) groups is 1. The van der Waals surface area contributed by atoms with Crippen LogP contribution in [0.3, 0.4) is 0 Å². The molecule has 3 rings (SSSR count). The number of benzene rings is 1. The number of nitro benzene ring substituents is 1. The Morgan fingerprint density at radius 2 is 2.20 bits per heavy atom. The molecule has 1 amide bonds. The van der Waals surface area contributed by atoms with Crippen molar-refractivity contribution < 1.29 is 9.72 Å². The fraction of sp³-hybridized carbons (Fsp3) is 0.375. The highest BCUT2D eigenvalue weighted by Crippen LogP contribution is 2.27. The van der Waals surface area contributed by atoms with Crippen LogP contribution in [0.5, 0.6) is 0 Å². The van der Waals surface area contributed by atoms with Crippen LogP contribution < -0.4 is 5.32 Å². The third-order valence-corrected chi connectivity index (χ3v) is 4.39. The van der Waals surface area contributed by atoms with E-state index < -0.39 is 4.92 Å². The van der Waals surface area contributed by atoms with Crippen molar-refractivity contribution in [3.8, 4) is 0 Å². The van der Waals surface area contributed by atoms with Crippen molar-refractivity contribution in [1.29, 1.82) is 0 Å². The third kappa shape index (κ3) is 3.49. The zero-order valence-corrected chi connectivity index (χ0v) is 14.8. The number of nitrogens with one attached hydrogen (secondary N) is 1. The van der Waals surface area contributed by atoms with Gasteiger partial charge in [0.25, 0.3) is 11.6 Å². The number of halogens is 1. The van der Waals surface area contributed by atoms with Crippen molar-refractivity contribution >= 4 is 24.0 Å². The maximum atomic E-state index is 13.1. The molecule has 1 aromatic heterocycles. The third-order valence-electron chi connectivity index (χ3n) is 4.39. The fourth-order valence-electron chi connectivity index (χ4n) is 3.08. The highest BCUT2D eigenvalue weighted by molar-refractivity contribution is 5.97. The first-order chi connectivity index (χ1) is 11.5. The summed E-state index contributed by atoms with van der Waals surface area (Å²) in [5, 5.41) is 14.4. The quantitative estimate of drug-likeness (QED) is 0.661. The van der Waals surface area contributed by atoms with E-state index in [1.54, 1.807) is 30.2 Å². The number of nitrogens with zero attached hydrogens (tertiary/aromatic N) is 4. The summed E-state index contributed by atoms with van der Waals surface area (Å²) in [7, 11) is 1.89. The summed E-state index contributed by atoms with van der Waals surface area (Å²) in [6.45, 7) is 3.42. The lowest BCUT2D eigenvalue weighted by molar-refractivity contribution is -0.385. The van der Waals surface area contributed by atoms with Gasteiger partial charge >= 0.3 is 0 Å². The van der Waals surface area contributed by atoms with Gasteiger partial charge in [-0.3, -0.25) is 14.9 Å². The Morgan fingerprint density at radius 1 is 1.44 bits per heavy atom. The van der Waals surface area contributed by atoms with Crippen LogP contribution >= 0.6 is 12.4 Å². The molecule has 1 unspecified atom stereocenters. The van der Waals surface area contributed by atoms with Crippen LogP contribution in [0.4, 0.5) is 5.69 Å². The summed E-state index contributed by atoms with van der Waals surface area (Å²) in [4.78, 5) is 29.8. The predicted molar refractivity (Wildman–Crippen MR) is 94.9 cm³/mol. The molecule has 25 heavy (non-hydrogen) atoms. The highest BCUT2D eigenvalue weighted by atomic mass is 35.5. The summed E-state index contributed by atoms with van der Waals surface area (Å²) >= 11 is 0. The van der Waals surface area contributed by atoms with Gasteiger partial charge in [-0.15, -0.1) is 12.4 Å². The second-order valence-corrected chi connectivity index (χ2v) is 5.82. The molecule has 1 atom stereocenters. The number of nitro groups is 1. The molecule has 0 saturated carbocycles. The fourth-order valence-corrected chi connectivity index (χ4v) is 3.08. The smallest absolute Gasteiger partial charge is 0.273 e. The lowest BCUT2D eigenvalue weighted by Gasteiger charge is -2.36. The molecular formula is C16H20ClN5O3. The van der Waals surface area contributed by atoms with Crippen molar-refractivity contribution in [2.45, 2.75) is 13.0 Å². The topological polar surface area (TPSA) is 93.3 Å². The number of hydrogen-bond acceptors (Lipinski definition) is 5. The van der Waals surface area contributed by atoms with Crippen LogP contribution in [0.1, 0.15) is 27.8 Å². The lowest BCUT2D eigenvalue weighted by atomic mass is 10.0. The molecule has 0 bridgehead atoms. The maximum absolute atomic E-state index is 13.1. The van der Waals surface area contributed by atoms with Gasteiger partial charge in [-0.05, 0) is 13.0 Å². The van der Waals surface area contributed by atoms with E-state index in [4.69, 9.17) is 0 Å². The molecule has 0 radical (unpaired) electrons. The van der Waals surface area contributed by atoms with Gasteiger partial charge in [0.15, 0.2) is 0 Å². The van der Waals surface area contributed by atoms with Gasteiger partial charge in [0.1, 0.15) is 11.9 Å². The number of carbonyl (C=O) groups excluding carboxylic acids is 1. The van der Waals surface area contributed by atoms with E-state index in [-0.39, 0.29) is 30.0 Å². The first kappa shape index (κ1) is 18.9. The molecule has 0 aliphatic carbocycles. The molecule has 1 fully saturated rings. The van der Waals surface area contributed by atoms with Crippen LogP contribution in [0.25, 0.3) is 0 Å². The number of aromatic nitrogens is 2. The highest BCUT2D eigenvalue weighted by Gasteiger charge is 2.32. The molecule has 1 N–H and O–H groups in total. The SMILES string of the molecule is Cc1c(C(=O)N2CCNCC2c2nccn2C)cccc1[N+](=O)[O-].Cl. The molecule has 9 heteroatoms. The van der Waals surface area contributed by atoms with E-state index in [9.17, 15) is 14.9 Å². The van der Waals surface area contributed by atoms with E-state index in [0.29, 0.717) is 30.8 Å². The summed E-state index contributed by atoms with van der Waals surface area (Å²) in [5.74, 6) is 0.587. The van der Waals surface area contributed by atoms with Crippen LogP contribution in [0, 0.1) is 17.0 Å². The van der Waals surface area contributed by atoms with E-state index in [1.807, 2.05) is 17.8 Å². The number of hydrogen-bond donors (Lipinski definition) is 1. The molecule has 2 aromatic rings. The minimum atomic E-state index is -0.458. The Hall–Kier alpha value is -2.45. The van der Waals surface area contributed by atoms with E-state index in [0.717, 1.165) is 5.82 Å². The molecule has 1 saturated heterocycles. The Balaban J connectivity index is 0.00000225. The van der Waals surface area contributed by atoms with E-state index >= 15 is 0 Å². The van der Waals surface area contributed by atoms with Crippen molar-refractivity contribution in [3.63, 3.8) is 0 Å². The molecular weight excluding hydrogens is 346 g/mol. The zero-order chi connectivity index (χ0) is 17.3. The summed E-state index contributed by atoms with van der Waals surface area (Å²) in [5.41, 5.74) is 0.722. The standard InChI is InChI=1S/C16H19N5O3.ClH/c1-11-12(4-3-5-13(11)21(23)24)16(22)20-9-6-17-10-14(20)15-18-7-8-19(15)2;/h3-5,7-8,14,17H,6,9-10H2,1-2H3;1H. The Kier molecular flexibility index (Phi) is 5.76. The van der Waals surface area contributed by atoms with Crippen molar-refractivity contribution in [2.24, 2.45) is 7.05 Å². The minimum absolute atomic E-state index is 0. The molecule has 8 nitrogen and oxygen atoms in total. The monoisotopic (exact) mass is 365 g/mol. The summed E-state index contributed by atoms with van der Waals surface area (Å²) in [6.07, 6.45) is 3.54. The lowest BCUT2D eigenvalue weighted by Crippen LogP contribution is -2.49. The molecule has 0 spiro atoms. The molecule has 1 aliphatic rings. The minimum Gasteiger partial charge on any atom is -0.336 e. The Labute approximate surface area is 151 Å². The first-order valence-corrected chi connectivity index (χ1v) is 7.73. The number of imidazole rings is 1. The molecule has 134 valence electrons. The van der Waals surface area contributed by atoms with Gasteiger partial charge in [0.2, 0.25) is 0 Å². The molecule has 2 heterocycles. The summed E-state index contributed by atoms with van der Waals surface area (Å²) in [6, 6.07) is 4.41. The van der Waals surface area contributed by atoms with Crippen molar-refractivity contribution in [3.05, 3.63) is 57.7 Å². The van der Waals surface area contributed by atoms with Crippen LogP contribution in [0.15, 0.2) is 30.6 Å². The van der Waals surface area contributed by atoms with E-state index in [1.165, 1.54) is 6.07 Å². The average Bonchev–Trinajstić information content (AvgIpc) is 3.00. The Morgan fingerprint density at radius 3 is 2.84 bits per heavy atom. The average molecular weight is 366 g/mol. The zero-order valence-electron chi connectivity index (χ0n) is 14.0. The van der Waals surface area contributed by atoms with Gasteiger partial charge < -0.3 is 14.8 Å². The number of amides is 1. The van der Waals surface area contributed by atoms with Crippen LogP contribution in [0.2, 0.25) is 0 Å². The number of aryl methyl sites for hydroxylation is 1. The normalized spacial score (nSPS) is 17.0. The largest absolute Gasteiger partial charge is 0.336 e. The van der Waals surface area contributed by atoms with Crippen LogP contribution in [-0.4, -0.2) is 44.9 Å². The van der Waals surface area contributed by atoms with Crippen LogP contribution in [-0.2, 0) is 7.05 Å². The van der Waals surface area contributed by atoms with Gasteiger partial charge in [0, 0.05) is 56.3 Å². The van der Waals surface area contributed by atoms with Crippen molar-refractivity contribution in [1.82, 2.24) is 19.8 Å². The maximum Gasteiger partial charge on any atom is 0.273 e. The first-order valence-electron chi connectivity index (χ1n) is 7.73. The molecule has 1 aromatic carbocycles. The number of rotatable bonds is 3. The molecule has 1 aliphatic heterocycles. The predicted octanol–water partition coefficient (Wildman–Crippen LogP) is 1.85. The van der Waals surface area contributed by atoms with E-state index in [2.05, 4.69) is 10.3 Å². The number of piperazine rings is 1. The van der Waals surface area contributed by atoms with Gasteiger partial charge in [-0.1, -0.05) is 6.07 Å². The second-order valence-electron chi connectivity index (χ2n) is 5.82. The van der Waals surface area contributed by atoms with Gasteiger partial charge in [-0.25, -0.2) is 4.98 Å². The summed E-state index contributed by atoms with van der Waals surface area (Å²) < 4.78 is 1.89.